The van der Waals surface area contributed by atoms with E-state index in [0.717, 1.165) is 18.1 Å². The van der Waals surface area contributed by atoms with Crippen LogP contribution in [0.15, 0.2) is 23.2 Å². The topological polar surface area (TPSA) is 45.7 Å². The van der Waals surface area contributed by atoms with Crippen molar-refractivity contribution in [3.63, 3.8) is 0 Å². The normalized spacial score (nSPS) is 13.1. The fourth-order valence-electron chi connectivity index (χ4n) is 1.86. The quantitative estimate of drug-likeness (QED) is 0.600. The lowest BCUT2D eigenvalue weighted by Gasteiger charge is -2.17. The monoisotopic (exact) mass is 315 g/mol. The van der Waals surface area contributed by atoms with Crippen LogP contribution in [0.25, 0.3) is 0 Å². The summed E-state index contributed by atoms with van der Waals surface area (Å²) in [6.07, 6.45) is 0.661. The van der Waals surface area contributed by atoms with E-state index in [9.17, 15) is 4.39 Å². The summed E-state index contributed by atoms with van der Waals surface area (Å²) in [6.45, 7) is 5.99. The average molecular weight is 316 g/mol. The molecule has 0 amide bonds. The number of hydrogen-bond donors (Lipinski definition) is 2. The van der Waals surface area contributed by atoms with Crippen LogP contribution in [0.2, 0.25) is 5.02 Å². The van der Waals surface area contributed by atoms with Crippen molar-refractivity contribution >= 4 is 17.6 Å². The minimum Gasteiger partial charge on any atom is -0.383 e. The SMILES string of the molecule is CCNC(=NCCc1ccc(F)cc1Cl)NC(C)COC. The fraction of sp³-hybridized carbons (Fsp3) is 0.533. The van der Waals surface area contributed by atoms with Gasteiger partial charge in [0.05, 0.1) is 6.61 Å². The van der Waals surface area contributed by atoms with Crippen LogP contribution in [0.1, 0.15) is 19.4 Å². The molecular weight excluding hydrogens is 293 g/mol. The van der Waals surface area contributed by atoms with E-state index in [2.05, 4.69) is 15.6 Å². The van der Waals surface area contributed by atoms with Crippen LogP contribution in [-0.4, -0.2) is 38.8 Å². The third-order valence-corrected chi connectivity index (χ3v) is 3.16. The summed E-state index contributed by atoms with van der Waals surface area (Å²) in [5.74, 6) is 0.413. The molecule has 0 saturated heterocycles. The van der Waals surface area contributed by atoms with Crippen LogP contribution in [0.5, 0.6) is 0 Å². The first-order chi connectivity index (χ1) is 10.1. The van der Waals surface area contributed by atoms with Crippen LogP contribution >= 0.6 is 11.6 Å². The van der Waals surface area contributed by atoms with Crippen LogP contribution in [0.4, 0.5) is 4.39 Å². The number of rotatable bonds is 7. The van der Waals surface area contributed by atoms with Gasteiger partial charge in [-0.3, -0.25) is 4.99 Å². The van der Waals surface area contributed by atoms with Gasteiger partial charge in [0.15, 0.2) is 5.96 Å². The number of hydrogen-bond acceptors (Lipinski definition) is 2. The number of benzene rings is 1. The Balaban J connectivity index is 2.57. The van der Waals surface area contributed by atoms with Crippen LogP contribution in [0, 0.1) is 5.82 Å². The van der Waals surface area contributed by atoms with Gasteiger partial charge in [0.25, 0.3) is 0 Å². The van der Waals surface area contributed by atoms with Crippen LogP contribution in [-0.2, 0) is 11.2 Å². The number of aliphatic imine (C=N–C) groups is 1. The van der Waals surface area contributed by atoms with Gasteiger partial charge in [0, 0.05) is 31.3 Å². The molecular formula is C15H23ClFN3O. The first kappa shape index (κ1) is 17.7. The maximum Gasteiger partial charge on any atom is 0.191 e. The molecule has 1 rings (SSSR count). The standard InChI is InChI=1S/C15H23ClFN3O/c1-4-18-15(20-11(2)10-21-3)19-8-7-12-5-6-13(17)9-14(12)16/h5-6,9,11H,4,7-8,10H2,1-3H3,(H2,18,19,20). The van der Waals surface area contributed by atoms with Crippen molar-refractivity contribution in [1.82, 2.24) is 10.6 Å². The van der Waals surface area contributed by atoms with Gasteiger partial charge in [-0.25, -0.2) is 4.39 Å². The zero-order valence-corrected chi connectivity index (χ0v) is 13.5. The predicted molar refractivity (Wildman–Crippen MR) is 85.6 cm³/mol. The largest absolute Gasteiger partial charge is 0.383 e. The van der Waals surface area contributed by atoms with Crippen molar-refractivity contribution < 1.29 is 9.13 Å². The van der Waals surface area contributed by atoms with E-state index in [1.54, 1.807) is 13.2 Å². The van der Waals surface area contributed by atoms with Gasteiger partial charge in [-0.05, 0) is 38.0 Å². The zero-order chi connectivity index (χ0) is 15.7. The molecule has 0 aliphatic rings. The molecule has 2 N–H and O–H groups in total. The van der Waals surface area contributed by atoms with E-state index in [1.807, 2.05) is 13.8 Å². The highest BCUT2D eigenvalue weighted by molar-refractivity contribution is 6.31. The molecule has 0 aliphatic heterocycles. The number of halogens is 2. The number of nitrogens with zero attached hydrogens (tertiary/aromatic N) is 1. The Morgan fingerprint density at radius 1 is 1.48 bits per heavy atom. The number of ether oxygens (including phenoxy) is 1. The van der Waals surface area contributed by atoms with E-state index >= 15 is 0 Å². The van der Waals surface area contributed by atoms with Gasteiger partial charge in [0.2, 0.25) is 0 Å². The fourth-order valence-corrected chi connectivity index (χ4v) is 2.12. The molecule has 118 valence electrons. The minimum atomic E-state index is -0.323. The Labute approximate surface area is 130 Å². The molecule has 0 radical (unpaired) electrons. The molecule has 0 fully saturated rings. The second-order valence-corrected chi connectivity index (χ2v) is 5.15. The molecule has 1 aromatic rings. The lowest BCUT2D eigenvalue weighted by Crippen LogP contribution is -2.44. The number of nitrogens with one attached hydrogen (secondary N) is 2. The van der Waals surface area contributed by atoms with Crippen molar-refractivity contribution in [1.29, 1.82) is 0 Å². The predicted octanol–water partition coefficient (Wildman–Crippen LogP) is 2.61. The summed E-state index contributed by atoms with van der Waals surface area (Å²) in [4.78, 5) is 4.48. The Morgan fingerprint density at radius 2 is 2.24 bits per heavy atom. The molecule has 1 aromatic carbocycles. The molecule has 1 atom stereocenters. The maximum absolute atomic E-state index is 13.0. The first-order valence-electron chi connectivity index (χ1n) is 7.04. The van der Waals surface area contributed by atoms with Crippen LogP contribution < -0.4 is 10.6 Å². The molecule has 0 spiro atoms. The van der Waals surface area contributed by atoms with E-state index < -0.39 is 0 Å². The molecule has 0 aliphatic carbocycles. The maximum atomic E-state index is 13.0. The molecule has 1 unspecified atom stereocenters. The molecule has 0 heterocycles. The average Bonchev–Trinajstić information content (AvgIpc) is 2.41. The molecule has 21 heavy (non-hydrogen) atoms. The van der Waals surface area contributed by atoms with E-state index in [4.69, 9.17) is 16.3 Å². The van der Waals surface area contributed by atoms with Gasteiger partial charge in [-0.2, -0.15) is 0 Å². The van der Waals surface area contributed by atoms with E-state index in [1.165, 1.54) is 12.1 Å². The summed E-state index contributed by atoms with van der Waals surface area (Å²) in [5.41, 5.74) is 0.891. The second-order valence-electron chi connectivity index (χ2n) is 4.75. The Morgan fingerprint density at radius 3 is 2.86 bits per heavy atom. The summed E-state index contributed by atoms with van der Waals surface area (Å²) >= 11 is 6.00. The van der Waals surface area contributed by atoms with Crippen molar-refractivity contribution in [2.45, 2.75) is 26.3 Å². The van der Waals surface area contributed by atoms with Crippen molar-refractivity contribution in [2.75, 3.05) is 26.8 Å². The highest BCUT2D eigenvalue weighted by Gasteiger charge is 2.05. The Kier molecular flexibility index (Phi) is 8.08. The van der Waals surface area contributed by atoms with Gasteiger partial charge in [-0.15, -0.1) is 0 Å². The second kappa shape index (κ2) is 9.58. The highest BCUT2D eigenvalue weighted by Crippen LogP contribution is 2.17. The number of methoxy groups -OCH3 is 1. The summed E-state index contributed by atoms with van der Waals surface area (Å²) in [6, 6.07) is 4.60. The highest BCUT2D eigenvalue weighted by atomic mass is 35.5. The molecule has 0 saturated carbocycles. The molecule has 0 aromatic heterocycles. The Bertz CT molecular complexity index is 468. The first-order valence-corrected chi connectivity index (χ1v) is 7.42. The van der Waals surface area contributed by atoms with Crippen molar-refractivity contribution in [3.05, 3.63) is 34.6 Å². The Hall–Kier alpha value is -1.33. The zero-order valence-electron chi connectivity index (χ0n) is 12.7. The lowest BCUT2D eigenvalue weighted by atomic mass is 10.1. The summed E-state index contributed by atoms with van der Waals surface area (Å²) in [5, 5.41) is 6.86. The molecule has 6 heteroatoms. The van der Waals surface area contributed by atoms with Gasteiger partial charge >= 0.3 is 0 Å². The molecule has 0 bridgehead atoms. The summed E-state index contributed by atoms with van der Waals surface area (Å²) < 4.78 is 18.1. The van der Waals surface area contributed by atoms with Gasteiger partial charge in [0.1, 0.15) is 5.82 Å². The van der Waals surface area contributed by atoms with Crippen molar-refractivity contribution in [3.8, 4) is 0 Å². The third kappa shape index (κ3) is 6.78. The number of guanidine groups is 1. The lowest BCUT2D eigenvalue weighted by molar-refractivity contribution is 0.179. The van der Waals surface area contributed by atoms with Gasteiger partial charge < -0.3 is 15.4 Å². The summed E-state index contributed by atoms with van der Waals surface area (Å²) in [7, 11) is 1.67. The van der Waals surface area contributed by atoms with Crippen molar-refractivity contribution in [2.24, 2.45) is 4.99 Å². The molecule has 4 nitrogen and oxygen atoms in total. The third-order valence-electron chi connectivity index (χ3n) is 2.81. The minimum absolute atomic E-state index is 0.169. The van der Waals surface area contributed by atoms with Gasteiger partial charge in [-0.1, -0.05) is 17.7 Å². The van der Waals surface area contributed by atoms with Crippen LogP contribution in [0.3, 0.4) is 0 Å². The smallest absolute Gasteiger partial charge is 0.191 e. The van der Waals surface area contributed by atoms with E-state index in [-0.39, 0.29) is 11.9 Å². The van der Waals surface area contributed by atoms with E-state index in [0.29, 0.717) is 24.6 Å².